The molecule has 0 radical (unpaired) electrons. The largest absolute Gasteiger partial charge is 0.386 e. The number of nitrogens with zero attached hydrogens (tertiary/aromatic N) is 1. The Morgan fingerprint density at radius 3 is 2.06 bits per heavy atom. The molecule has 0 fully saturated rings. The predicted octanol–water partition coefficient (Wildman–Crippen LogP) is -1.38. The highest BCUT2D eigenvalue weighted by Crippen LogP contribution is 2.05. The van der Waals surface area contributed by atoms with E-state index in [9.17, 15) is 16.8 Å². The first-order valence-electron chi connectivity index (χ1n) is 4.44. The van der Waals surface area contributed by atoms with Crippen molar-refractivity contribution in [2.24, 2.45) is 5.73 Å². The van der Waals surface area contributed by atoms with Gasteiger partial charge in [-0.15, -0.1) is 0 Å². The predicted molar refractivity (Wildman–Crippen MR) is 62.6 cm³/mol. The van der Waals surface area contributed by atoms with Crippen LogP contribution in [0.1, 0.15) is 6.92 Å². The molecule has 3 N–H and O–H groups in total. The minimum atomic E-state index is -3.70. The van der Waals surface area contributed by atoms with Gasteiger partial charge in [0.2, 0.25) is 10.0 Å². The molecule has 9 heteroatoms. The molecule has 0 saturated heterocycles. The van der Waals surface area contributed by atoms with Crippen LogP contribution >= 0.6 is 0 Å². The smallest absolute Gasteiger partial charge is 0.215 e. The Morgan fingerprint density at radius 1 is 1.31 bits per heavy atom. The fourth-order valence-electron chi connectivity index (χ4n) is 0.837. The molecule has 1 atom stereocenters. The minimum Gasteiger partial charge on any atom is -0.386 e. The SMILES string of the molecule is CC(C(=N)N)N(C)S(=O)(=O)CCS(C)(=O)=O. The Hall–Kier alpha value is -0.670. The quantitative estimate of drug-likeness (QED) is 0.455. The standard InChI is InChI=1S/C7H17N3O4S2/c1-6(7(8)9)10(2)16(13,14)5-4-15(3,11)12/h6H,4-5H2,1-3H3,(H3,8,9). The molecular formula is C7H17N3O4S2. The maximum Gasteiger partial charge on any atom is 0.215 e. The molecule has 96 valence electrons. The van der Waals surface area contributed by atoms with Crippen molar-refractivity contribution in [2.75, 3.05) is 24.8 Å². The van der Waals surface area contributed by atoms with Crippen molar-refractivity contribution in [3.05, 3.63) is 0 Å². The van der Waals surface area contributed by atoms with E-state index in [0.717, 1.165) is 10.6 Å². The van der Waals surface area contributed by atoms with E-state index in [1.54, 1.807) is 0 Å². The summed E-state index contributed by atoms with van der Waals surface area (Å²) in [6, 6.07) is -0.774. The summed E-state index contributed by atoms with van der Waals surface area (Å²) in [4.78, 5) is 0. The molecule has 0 spiro atoms. The van der Waals surface area contributed by atoms with Crippen LogP contribution in [0.15, 0.2) is 0 Å². The van der Waals surface area contributed by atoms with Gasteiger partial charge in [0.1, 0.15) is 15.7 Å². The number of nitrogens with two attached hydrogens (primary N) is 1. The summed E-state index contributed by atoms with van der Waals surface area (Å²) in [5.41, 5.74) is 5.17. The maximum absolute atomic E-state index is 11.6. The zero-order chi connectivity index (χ0) is 13.1. The summed E-state index contributed by atoms with van der Waals surface area (Å²) >= 11 is 0. The molecule has 16 heavy (non-hydrogen) atoms. The van der Waals surface area contributed by atoms with E-state index in [2.05, 4.69) is 0 Å². The number of sulfonamides is 1. The Morgan fingerprint density at radius 2 is 1.75 bits per heavy atom. The van der Waals surface area contributed by atoms with Gasteiger partial charge in [0.15, 0.2) is 0 Å². The molecule has 0 amide bonds. The second-order valence-electron chi connectivity index (χ2n) is 3.59. The first-order chi connectivity index (χ1) is 6.97. The van der Waals surface area contributed by atoms with Crippen LogP contribution in [-0.4, -0.2) is 57.8 Å². The van der Waals surface area contributed by atoms with E-state index in [-0.39, 0.29) is 5.84 Å². The molecule has 0 heterocycles. The summed E-state index contributed by atoms with van der Waals surface area (Å²) in [6.45, 7) is 1.46. The molecule has 0 aromatic carbocycles. The van der Waals surface area contributed by atoms with E-state index in [4.69, 9.17) is 11.1 Å². The normalized spacial score (nSPS) is 15.0. The minimum absolute atomic E-state index is 0.287. The molecule has 0 aliphatic rings. The molecule has 0 bridgehead atoms. The molecule has 0 aliphatic heterocycles. The third-order valence-corrected chi connectivity index (χ3v) is 5.26. The molecule has 0 rings (SSSR count). The molecule has 0 aromatic rings. The maximum atomic E-state index is 11.6. The van der Waals surface area contributed by atoms with Gasteiger partial charge in [-0.1, -0.05) is 0 Å². The fraction of sp³-hybridized carbons (Fsp3) is 0.857. The van der Waals surface area contributed by atoms with Crippen molar-refractivity contribution in [2.45, 2.75) is 13.0 Å². The fourth-order valence-corrected chi connectivity index (χ4v) is 3.77. The summed E-state index contributed by atoms with van der Waals surface area (Å²) in [6.07, 6.45) is 0.969. The second-order valence-corrected chi connectivity index (χ2v) is 8.00. The van der Waals surface area contributed by atoms with Gasteiger partial charge in [-0.3, -0.25) is 5.41 Å². The number of hydrogen-bond acceptors (Lipinski definition) is 5. The Bertz CT molecular complexity index is 454. The van der Waals surface area contributed by atoms with Crippen LogP contribution in [0, 0.1) is 5.41 Å². The molecular weight excluding hydrogens is 254 g/mol. The molecule has 0 saturated carbocycles. The van der Waals surface area contributed by atoms with Crippen LogP contribution < -0.4 is 5.73 Å². The van der Waals surface area contributed by atoms with E-state index < -0.39 is 37.4 Å². The van der Waals surface area contributed by atoms with Crippen LogP contribution in [-0.2, 0) is 19.9 Å². The van der Waals surface area contributed by atoms with Crippen molar-refractivity contribution in [1.29, 1.82) is 5.41 Å². The van der Waals surface area contributed by atoms with E-state index >= 15 is 0 Å². The number of sulfone groups is 1. The van der Waals surface area contributed by atoms with Gasteiger partial charge in [-0.2, -0.15) is 4.31 Å². The van der Waals surface area contributed by atoms with Crippen molar-refractivity contribution in [3.8, 4) is 0 Å². The lowest BCUT2D eigenvalue weighted by molar-refractivity contribution is 0.449. The van der Waals surface area contributed by atoms with Gasteiger partial charge in [0, 0.05) is 13.3 Å². The van der Waals surface area contributed by atoms with Crippen LogP contribution in [0.25, 0.3) is 0 Å². The number of rotatable bonds is 6. The van der Waals surface area contributed by atoms with E-state index in [1.165, 1.54) is 14.0 Å². The van der Waals surface area contributed by atoms with E-state index in [0.29, 0.717) is 0 Å². The number of likely N-dealkylation sites (N-methyl/N-ethyl adjacent to an activating group) is 1. The van der Waals surface area contributed by atoms with E-state index in [1.807, 2.05) is 0 Å². The zero-order valence-electron chi connectivity index (χ0n) is 9.47. The highest BCUT2D eigenvalue weighted by atomic mass is 32.2. The Labute approximate surface area is 96.1 Å². The van der Waals surface area contributed by atoms with Gasteiger partial charge >= 0.3 is 0 Å². The van der Waals surface area contributed by atoms with Crippen molar-refractivity contribution in [3.63, 3.8) is 0 Å². The Kier molecular flexibility index (Phi) is 4.89. The average molecular weight is 271 g/mol. The molecule has 0 aliphatic carbocycles. The van der Waals surface area contributed by atoms with Crippen LogP contribution in [0.4, 0.5) is 0 Å². The lowest BCUT2D eigenvalue weighted by Gasteiger charge is -2.22. The van der Waals surface area contributed by atoms with Crippen LogP contribution in [0.3, 0.4) is 0 Å². The highest BCUT2D eigenvalue weighted by molar-refractivity contribution is 7.93. The lowest BCUT2D eigenvalue weighted by atomic mass is 10.3. The summed E-state index contributed by atoms with van der Waals surface area (Å²) in [5.74, 6) is -1.23. The van der Waals surface area contributed by atoms with Crippen LogP contribution in [0.5, 0.6) is 0 Å². The van der Waals surface area contributed by atoms with Crippen molar-refractivity contribution >= 4 is 25.7 Å². The van der Waals surface area contributed by atoms with Gasteiger partial charge in [-0.05, 0) is 6.92 Å². The number of hydrogen-bond donors (Lipinski definition) is 2. The zero-order valence-corrected chi connectivity index (χ0v) is 11.1. The number of amidine groups is 1. The summed E-state index contributed by atoms with van der Waals surface area (Å²) in [7, 11) is -5.76. The first kappa shape index (κ1) is 15.3. The third-order valence-electron chi connectivity index (χ3n) is 2.15. The van der Waals surface area contributed by atoms with Crippen LogP contribution in [0.2, 0.25) is 0 Å². The molecule has 0 aromatic heterocycles. The number of nitrogens with one attached hydrogen (secondary N) is 1. The average Bonchev–Trinajstić information content (AvgIpc) is 2.11. The van der Waals surface area contributed by atoms with Gasteiger partial charge in [-0.25, -0.2) is 16.8 Å². The first-order valence-corrected chi connectivity index (χ1v) is 8.11. The lowest BCUT2D eigenvalue weighted by Crippen LogP contribution is -2.44. The monoisotopic (exact) mass is 271 g/mol. The van der Waals surface area contributed by atoms with Crippen molar-refractivity contribution < 1.29 is 16.8 Å². The topological polar surface area (TPSA) is 121 Å². The summed E-state index contributed by atoms with van der Waals surface area (Å²) in [5, 5.41) is 7.12. The molecule has 7 nitrogen and oxygen atoms in total. The second kappa shape index (κ2) is 5.11. The van der Waals surface area contributed by atoms with Gasteiger partial charge in [0.05, 0.1) is 17.5 Å². The molecule has 1 unspecified atom stereocenters. The van der Waals surface area contributed by atoms with Gasteiger partial charge in [0.25, 0.3) is 0 Å². The third kappa shape index (κ3) is 4.90. The Balaban J connectivity index is 4.75. The summed E-state index contributed by atoms with van der Waals surface area (Å²) < 4.78 is 45.9. The van der Waals surface area contributed by atoms with Crippen molar-refractivity contribution in [1.82, 2.24) is 4.31 Å². The highest BCUT2D eigenvalue weighted by Gasteiger charge is 2.25. The van der Waals surface area contributed by atoms with Gasteiger partial charge < -0.3 is 5.73 Å².